The van der Waals surface area contributed by atoms with Gasteiger partial charge in [0.25, 0.3) is 0 Å². The van der Waals surface area contributed by atoms with E-state index < -0.39 is 0 Å². The van der Waals surface area contributed by atoms with E-state index in [1.165, 1.54) is 280 Å². The van der Waals surface area contributed by atoms with Gasteiger partial charge in [0.15, 0.2) is 0 Å². The van der Waals surface area contributed by atoms with Gasteiger partial charge in [0.2, 0.25) is 0 Å². The number of thiophene rings is 3. The number of fused-ring (bicyclic) bond motifs is 32. The summed E-state index contributed by atoms with van der Waals surface area (Å²) in [7, 11) is 0. The molecule has 32 rings (SSSR count). The first kappa shape index (κ1) is 81.1. The van der Waals surface area contributed by atoms with E-state index in [-0.39, 0.29) is 0 Å². The summed E-state index contributed by atoms with van der Waals surface area (Å²) in [4.78, 5) is 0. The molecule has 23 aromatic carbocycles. The van der Waals surface area contributed by atoms with Crippen LogP contribution >= 0.6 is 34.0 Å². The number of benzene rings is 23. The van der Waals surface area contributed by atoms with E-state index in [4.69, 9.17) is 0 Å². The number of hydrogen-bond donors (Lipinski definition) is 0. The summed E-state index contributed by atoms with van der Waals surface area (Å²) in [6, 6.07) is 182. The fourth-order valence-corrected chi connectivity index (χ4v) is 27.5. The van der Waals surface area contributed by atoms with Crippen molar-refractivity contribution in [3.63, 3.8) is 0 Å². The second-order valence-electron chi connectivity index (χ2n) is 37.5. The molecule has 0 N–H and O–H groups in total. The molecular formula is C134H82N6S3. The molecule has 0 fully saturated rings. The smallest absolute Gasteiger partial charge is 0.0726 e. The van der Waals surface area contributed by atoms with Crippen molar-refractivity contribution in [3.8, 4) is 67.5 Å². The van der Waals surface area contributed by atoms with Gasteiger partial charge >= 0.3 is 0 Å². The summed E-state index contributed by atoms with van der Waals surface area (Å²) >= 11 is 5.71. The Morgan fingerprint density at radius 2 is 0.434 bits per heavy atom. The highest BCUT2D eigenvalue weighted by molar-refractivity contribution is 7.27. The molecule has 0 aliphatic heterocycles. The monoisotopic (exact) mass is 1870 g/mol. The molecule has 0 unspecified atom stereocenters. The predicted octanol–water partition coefficient (Wildman–Crippen LogP) is 38.1. The number of hydrogen-bond acceptors (Lipinski definition) is 3. The molecule has 0 bridgehead atoms. The molecule has 0 atom stereocenters. The van der Waals surface area contributed by atoms with E-state index in [0.29, 0.717) is 0 Å². The van der Waals surface area contributed by atoms with Crippen LogP contribution in [0.5, 0.6) is 0 Å². The van der Waals surface area contributed by atoms with Gasteiger partial charge < -0.3 is 27.4 Å². The van der Waals surface area contributed by atoms with E-state index in [0.717, 1.165) is 0 Å². The lowest BCUT2D eigenvalue weighted by molar-refractivity contribution is 1.18. The van der Waals surface area contributed by atoms with E-state index in [2.05, 4.69) is 525 Å². The first-order valence-corrected chi connectivity index (χ1v) is 51.4. The van der Waals surface area contributed by atoms with Gasteiger partial charge in [0.1, 0.15) is 0 Å². The van der Waals surface area contributed by atoms with E-state index >= 15 is 0 Å². The first-order chi connectivity index (χ1) is 71.0. The van der Waals surface area contributed by atoms with Crippen LogP contribution < -0.4 is 0 Å². The summed E-state index contributed by atoms with van der Waals surface area (Å²) in [6.07, 6.45) is 0. The average Bonchev–Trinajstić information content (AvgIpc) is 1.53. The molecule has 32 aromatic rings. The molecule has 9 heterocycles. The third-order valence-electron chi connectivity index (χ3n) is 29.9. The lowest BCUT2D eigenvalue weighted by Crippen LogP contribution is -1.96. The summed E-state index contributed by atoms with van der Waals surface area (Å²) < 4.78 is 22.7. The summed E-state index contributed by atoms with van der Waals surface area (Å²) in [5.41, 5.74) is 29.4. The van der Waals surface area contributed by atoms with Gasteiger partial charge in [-0.3, -0.25) is 0 Å². The Hall–Kier alpha value is -18.0. The maximum atomic E-state index is 2.54. The quantitative estimate of drug-likeness (QED) is 0.138. The third-order valence-corrected chi connectivity index (χ3v) is 33.5. The van der Waals surface area contributed by atoms with Gasteiger partial charge in [0, 0.05) is 150 Å². The minimum absolute atomic E-state index is 1.17. The van der Waals surface area contributed by atoms with Gasteiger partial charge in [0.05, 0.1) is 91.7 Å². The van der Waals surface area contributed by atoms with Crippen LogP contribution in [0.25, 0.3) is 280 Å². The molecule has 666 valence electrons. The van der Waals surface area contributed by atoms with Gasteiger partial charge in [-0.2, -0.15) is 0 Å². The van der Waals surface area contributed by atoms with Gasteiger partial charge in [-0.05, 0) is 190 Å². The Morgan fingerprint density at radius 3 is 0.909 bits per heavy atom. The standard InChI is InChI=1S/C50H30N2S.2C42H26N2S/c1-3-17-34-31(13-1)15-11-24-42(34)51-44-22-8-5-19-36(44)40-29-33(27-28-46(40)51)39-30-41-37-20-7-10-26-47(37)53-50(41)49-48(39)38-21-6-9-23-45(38)52(49)43-25-12-16-32-14-2-4-18-35(32)43;1-3-14-27(15-4-1)43-36-23-10-7-18-29(36)31-21-13-22-32(40(31)43)34-26-35-30-19-9-12-25-38(30)45-42(35)41-39(34)33-20-8-11-24-37(33)44(41)28-16-5-2-6-17-28;1-3-13-28(14-4-1)43-36-20-10-7-17-30(36)31-24-23-27(25-38(31)43)34-26-35-32-18-9-12-22-39(32)45-42(35)41-40(34)33-19-8-11-21-37(33)44(41)29-15-5-2-6-16-29/h1-30H;2*1-26H. The van der Waals surface area contributed by atoms with E-state index in [1.54, 1.807) is 0 Å². The van der Waals surface area contributed by atoms with E-state index in [1.807, 2.05) is 34.0 Å². The molecule has 0 saturated heterocycles. The Kier molecular flexibility index (Phi) is 18.3. The second kappa shape index (κ2) is 32.3. The molecule has 6 nitrogen and oxygen atoms in total. The van der Waals surface area contributed by atoms with E-state index in [9.17, 15) is 0 Å². The van der Waals surface area contributed by atoms with Crippen LogP contribution in [0.3, 0.4) is 0 Å². The molecule has 0 radical (unpaired) electrons. The molecule has 0 aliphatic carbocycles. The zero-order valence-corrected chi connectivity index (χ0v) is 79.7. The number of aromatic nitrogens is 6. The van der Waals surface area contributed by atoms with Gasteiger partial charge in [-0.15, -0.1) is 34.0 Å². The Morgan fingerprint density at radius 1 is 0.140 bits per heavy atom. The maximum Gasteiger partial charge on any atom is 0.0726 e. The lowest BCUT2D eigenvalue weighted by Gasteiger charge is -2.14. The Balaban J connectivity index is 0.000000101. The van der Waals surface area contributed by atoms with Crippen LogP contribution in [0.15, 0.2) is 497 Å². The molecule has 9 heteroatoms. The van der Waals surface area contributed by atoms with Crippen molar-refractivity contribution < 1.29 is 0 Å². The fraction of sp³-hybridized carbons (Fsp3) is 0. The highest BCUT2D eigenvalue weighted by atomic mass is 32.1. The zero-order valence-electron chi connectivity index (χ0n) is 77.3. The van der Waals surface area contributed by atoms with Crippen molar-refractivity contribution in [2.75, 3.05) is 0 Å². The van der Waals surface area contributed by atoms with Crippen molar-refractivity contribution in [3.05, 3.63) is 497 Å². The van der Waals surface area contributed by atoms with Gasteiger partial charge in [-0.1, -0.05) is 346 Å². The average molecular weight is 1870 g/mol. The maximum absolute atomic E-state index is 2.54. The largest absolute Gasteiger partial charge is 0.309 e. The highest BCUT2D eigenvalue weighted by Crippen LogP contribution is 2.55. The van der Waals surface area contributed by atoms with Crippen molar-refractivity contribution >= 4 is 247 Å². The van der Waals surface area contributed by atoms with Crippen molar-refractivity contribution in [2.24, 2.45) is 0 Å². The third kappa shape index (κ3) is 12.3. The van der Waals surface area contributed by atoms with Gasteiger partial charge in [-0.25, -0.2) is 0 Å². The normalized spacial score (nSPS) is 12.1. The Bertz CT molecular complexity index is 10900. The molecule has 0 aliphatic rings. The minimum Gasteiger partial charge on any atom is -0.309 e. The van der Waals surface area contributed by atoms with Crippen LogP contribution in [-0.2, 0) is 0 Å². The number of nitrogens with zero attached hydrogens (tertiary/aromatic N) is 6. The molecular weight excluding hydrogens is 1790 g/mol. The van der Waals surface area contributed by atoms with Crippen LogP contribution in [0, 0.1) is 0 Å². The molecule has 0 spiro atoms. The number of rotatable bonds is 9. The van der Waals surface area contributed by atoms with Crippen LogP contribution in [-0.4, -0.2) is 27.4 Å². The van der Waals surface area contributed by atoms with Crippen molar-refractivity contribution in [1.82, 2.24) is 27.4 Å². The SMILES string of the molecule is c1ccc(-n2c3ccccc3c3ccc(-c4cc5c6ccccc6sc5c5c4c4ccccc4n5-c4ccccc4)cc32)cc1.c1ccc(-n2c3ccccc3c3cccc(-c4cc5c6ccccc6sc5c5c4c4ccccc4n5-c4ccccc4)c32)cc1.c1ccc2c(-n3c4ccccc4c4cc(-c5cc6c7ccccc7sc6c6c5c5ccccc5n6-c5cccc6ccccc56)ccc43)cccc2c1. The summed E-state index contributed by atoms with van der Waals surface area (Å²) in [5.74, 6) is 0. The topological polar surface area (TPSA) is 29.6 Å². The highest BCUT2D eigenvalue weighted by Gasteiger charge is 2.30. The summed E-state index contributed by atoms with van der Waals surface area (Å²) in [5, 5.41) is 28.1. The molecule has 0 saturated carbocycles. The zero-order chi connectivity index (χ0) is 93.6. The van der Waals surface area contributed by atoms with Crippen molar-refractivity contribution in [1.29, 1.82) is 0 Å². The number of para-hydroxylation sites is 11. The van der Waals surface area contributed by atoms with Crippen molar-refractivity contribution in [2.45, 2.75) is 0 Å². The lowest BCUT2D eigenvalue weighted by atomic mass is 9.95. The fourth-order valence-electron chi connectivity index (χ4n) is 23.9. The van der Waals surface area contributed by atoms with Crippen LogP contribution in [0.2, 0.25) is 0 Å². The minimum atomic E-state index is 1.17. The molecule has 143 heavy (non-hydrogen) atoms. The molecule has 9 aromatic heterocycles. The first-order valence-electron chi connectivity index (χ1n) is 48.9. The Labute approximate surface area is 832 Å². The van der Waals surface area contributed by atoms with Crippen LogP contribution in [0.4, 0.5) is 0 Å². The second-order valence-corrected chi connectivity index (χ2v) is 40.6. The predicted molar refractivity (Wildman–Crippen MR) is 615 cm³/mol. The molecule has 0 amide bonds. The van der Waals surface area contributed by atoms with Crippen LogP contribution in [0.1, 0.15) is 0 Å². The summed E-state index contributed by atoms with van der Waals surface area (Å²) in [6.45, 7) is 0.